The predicted octanol–water partition coefficient (Wildman–Crippen LogP) is 0.600. The summed E-state index contributed by atoms with van der Waals surface area (Å²) in [5.74, 6) is 0.195. The maximum atomic E-state index is 11.5. The van der Waals surface area contributed by atoms with Gasteiger partial charge in [-0.3, -0.25) is 9.69 Å². The van der Waals surface area contributed by atoms with Crippen LogP contribution in [0.1, 0.15) is 29.6 Å². The van der Waals surface area contributed by atoms with Gasteiger partial charge in [0.2, 0.25) is 0 Å². The predicted molar refractivity (Wildman–Crippen MR) is 78.1 cm³/mol. The molecule has 1 aromatic rings. The van der Waals surface area contributed by atoms with E-state index >= 15 is 0 Å². The zero-order valence-corrected chi connectivity index (χ0v) is 12.0. The Kier molecular flexibility index (Phi) is 2.74. The van der Waals surface area contributed by atoms with Crippen LogP contribution < -0.4 is 11.1 Å². The van der Waals surface area contributed by atoms with Crippen molar-refractivity contribution < 1.29 is 9.53 Å². The molecule has 0 radical (unpaired) electrons. The molecule has 2 heterocycles. The minimum atomic E-state index is -0.430. The lowest BCUT2D eigenvalue weighted by molar-refractivity contribution is -0.172. The summed E-state index contributed by atoms with van der Waals surface area (Å²) in [4.78, 5) is 18.3. The van der Waals surface area contributed by atoms with Gasteiger partial charge < -0.3 is 15.8 Å². The smallest absolute Gasteiger partial charge is 0.252 e. The van der Waals surface area contributed by atoms with Crippen LogP contribution in [0.25, 0.3) is 0 Å². The third-order valence-corrected chi connectivity index (χ3v) is 5.14. The molecule has 3 saturated carbocycles. The first-order valence-electron chi connectivity index (χ1n) is 7.48. The first-order chi connectivity index (χ1) is 10.1. The summed E-state index contributed by atoms with van der Waals surface area (Å²) in [5, 5.41) is 3.46. The van der Waals surface area contributed by atoms with Gasteiger partial charge in [0.1, 0.15) is 5.82 Å². The van der Waals surface area contributed by atoms with Crippen LogP contribution in [0.5, 0.6) is 0 Å². The van der Waals surface area contributed by atoms with E-state index in [4.69, 9.17) is 10.5 Å². The zero-order chi connectivity index (χ0) is 14.5. The highest BCUT2D eigenvalue weighted by Crippen LogP contribution is 2.64. The number of primary amides is 1. The fraction of sp³-hybridized carbons (Fsp3) is 0.600. The van der Waals surface area contributed by atoms with Gasteiger partial charge in [0.15, 0.2) is 0 Å². The quantitative estimate of drug-likeness (QED) is 0.848. The van der Waals surface area contributed by atoms with Crippen molar-refractivity contribution in [1.29, 1.82) is 0 Å². The van der Waals surface area contributed by atoms with E-state index in [1.165, 1.54) is 0 Å². The Morgan fingerprint density at radius 3 is 2.71 bits per heavy atom. The maximum Gasteiger partial charge on any atom is 0.252 e. The molecule has 2 bridgehead atoms. The van der Waals surface area contributed by atoms with Crippen molar-refractivity contribution in [3.05, 3.63) is 23.9 Å². The standard InChI is InChI=1S/C15H20N4O2/c16-12(20)11-2-1-3-17-13(11)18-14-8-15(9-14,10-14)19-4-6-21-7-5-19/h1-3H,4-10H2,(H2,16,20)(H,17,18). The van der Waals surface area contributed by atoms with E-state index in [0.717, 1.165) is 45.6 Å². The summed E-state index contributed by atoms with van der Waals surface area (Å²) >= 11 is 0. The van der Waals surface area contributed by atoms with Gasteiger partial charge in [0, 0.05) is 30.4 Å². The number of ether oxygens (including phenoxy) is 1. The molecule has 0 spiro atoms. The molecule has 3 N–H and O–H groups in total. The fourth-order valence-corrected chi connectivity index (χ4v) is 4.19. The number of anilines is 1. The van der Waals surface area contributed by atoms with Gasteiger partial charge in [-0.1, -0.05) is 0 Å². The number of aromatic nitrogens is 1. The summed E-state index contributed by atoms with van der Waals surface area (Å²) in [6.07, 6.45) is 5.05. The van der Waals surface area contributed by atoms with Gasteiger partial charge in [-0.15, -0.1) is 0 Å². The SMILES string of the molecule is NC(=O)c1cccnc1NC12CC(N3CCOCC3)(C1)C2. The highest BCUT2D eigenvalue weighted by Gasteiger charge is 2.70. The number of hydrogen-bond acceptors (Lipinski definition) is 5. The topological polar surface area (TPSA) is 80.5 Å². The van der Waals surface area contributed by atoms with Gasteiger partial charge in [0.25, 0.3) is 5.91 Å². The number of morpholine rings is 1. The van der Waals surface area contributed by atoms with E-state index in [-0.39, 0.29) is 5.54 Å². The molecule has 3 aliphatic carbocycles. The molecule has 6 nitrogen and oxygen atoms in total. The van der Waals surface area contributed by atoms with E-state index in [1.807, 2.05) is 0 Å². The summed E-state index contributed by atoms with van der Waals surface area (Å²) in [6.45, 7) is 3.75. The summed E-state index contributed by atoms with van der Waals surface area (Å²) in [5.41, 5.74) is 6.35. The molecule has 5 rings (SSSR count). The average molecular weight is 288 g/mol. The minimum Gasteiger partial charge on any atom is -0.379 e. The van der Waals surface area contributed by atoms with Crippen molar-refractivity contribution in [2.75, 3.05) is 31.6 Å². The normalized spacial score (nSPS) is 34.7. The van der Waals surface area contributed by atoms with E-state index in [1.54, 1.807) is 18.3 Å². The van der Waals surface area contributed by atoms with Crippen molar-refractivity contribution in [1.82, 2.24) is 9.88 Å². The third kappa shape index (κ3) is 1.93. The van der Waals surface area contributed by atoms with Crippen LogP contribution in [0.2, 0.25) is 0 Å². The Bertz CT molecular complexity index is 563. The van der Waals surface area contributed by atoms with E-state index in [2.05, 4.69) is 15.2 Å². The Labute approximate surface area is 123 Å². The van der Waals surface area contributed by atoms with Crippen LogP contribution in [0.3, 0.4) is 0 Å². The number of rotatable bonds is 4. The monoisotopic (exact) mass is 288 g/mol. The maximum absolute atomic E-state index is 11.5. The lowest BCUT2D eigenvalue weighted by atomic mass is 9.43. The highest BCUT2D eigenvalue weighted by atomic mass is 16.5. The number of carbonyl (C=O) groups excluding carboxylic acids is 1. The summed E-state index contributed by atoms with van der Waals surface area (Å²) in [6, 6.07) is 3.46. The molecule has 4 aliphatic rings. The Balaban J connectivity index is 1.44. The third-order valence-electron chi connectivity index (χ3n) is 5.14. The Hall–Kier alpha value is -1.66. The number of hydrogen-bond donors (Lipinski definition) is 2. The molecular formula is C15H20N4O2. The van der Waals surface area contributed by atoms with Crippen molar-refractivity contribution in [3.8, 4) is 0 Å². The van der Waals surface area contributed by atoms with Gasteiger partial charge >= 0.3 is 0 Å². The van der Waals surface area contributed by atoms with E-state index in [9.17, 15) is 4.79 Å². The lowest BCUT2D eigenvalue weighted by Crippen LogP contribution is -2.82. The van der Waals surface area contributed by atoms with Crippen LogP contribution in [0, 0.1) is 0 Å². The largest absolute Gasteiger partial charge is 0.379 e. The second-order valence-electron chi connectivity index (χ2n) is 6.52. The molecule has 0 atom stereocenters. The van der Waals surface area contributed by atoms with E-state index in [0.29, 0.717) is 16.9 Å². The zero-order valence-electron chi connectivity index (χ0n) is 12.0. The number of nitrogens with one attached hydrogen (secondary N) is 1. The summed E-state index contributed by atoms with van der Waals surface area (Å²) in [7, 11) is 0. The average Bonchev–Trinajstić information content (AvgIpc) is 2.42. The second kappa shape index (κ2) is 4.42. The van der Waals surface area contributed by atoms with Gasteiger partial charge in [0.05, 0.1) is 18.8 Å². The molecule has 1 saturated heterocycles. The minimum absolute atomic E-state index is 0.108. The second-order valence-corrected chi connectivity index (χ2v) is 6.52. The van der Waals surface area contributed by atoms with Crippen molar-refractivity contribution >= 4 is 11.7 Å². The number of carbonyl (C=O) groups is 1. The first-order valence-corrected chi connectivity index (χ1v) is 7.48. The molecule has 6 heteroatoms. The molecule has 21 heavy (non-hydrogen) atoms. The van der Waals surface area contributed by atoms with Gasteiger partial charge in [-0.05, 0) is 31.4 Å². The van der Waals surface area contributed by atoms with Crippen molar-refractivity contribution in [2.45, 2.75) is 30.3 Å². The number of nitrogens with two attached hydrogens (primary N) is 1. The first kappa shape index (κ1) is 13.0. The molecular weight excluding hydrogens is 268 g/mol. The van der Waals surface area contributed by atoms with Crippen molar-refractivity contribution in [2.24, 2.45) is 5.73 Å². The van der Waals surface area contributed by atoms with Gasteiger partial charge in [-0.2, -0.15) is 0 Å². The lowest BCUT2D eigenvalue weighted by Gasteiger charge is -2.74. The fourth-order valence-electron chi connectivity index (χ4n) is 4.19. The molecule has 0 aromatic carbocycles. The Morgan fingerprint density at radius 2 is 2.05 bits per heavy atom. The Morgan fingerprint density at radius 1 is 1.33 bits per heavy atom. The number of nitrogens with zero attached hydrogens (tertiary/aromatic N) is 2. The summed E-state index contributed by atoms with van der Waals surface area (Å²) < 4.78 is 5.42. The molecule has 1 aliphatic heterocycles. The molecule has 4 fully saturated rings. The van der Waals surface area contributed by atoms with Crippen LogP contribution in [0.4, 0.5) is 5.82 Å². The molecule has 1 amide bonds. The van der Waals surface area contributed by atoms with E-state index < -0.39 is 5.91 Å². The molecule has 112 valence electrons. The molecule has 0 unspecified atom stereocenters. The van der Waals surface area contributed by atoms with Crippen LogP contribution in [-0.2, 0) is 4.74 Å². The number of amides is 1. The van der Waals surface area contributed by atoms with Gasteiger partial charge in [-0.25, -0.2) is 4.98 Å². The van der Waals surface area contributed by atoms with Crippen molar-refractivity contribution in [3.63, 3.8) is 0 Å². The highest BCUT2D eigenvalue weighted by molar-refractivity contribution is 5.97. The van der Waals surface area contributed by atoms with Crippen LogP contribution >= 0.6 is 0 Å². The van der Waals surface area contributed by atoms with Crippen LogP contribution in [-0.4, -0.2) is 53.2 Å². The van der Waals surface area contributed by atoms with Crippen LogP contribution in [0.15, 0.2) is 18.3 Å². The molecule has 1 aromatic heterocycles. The number of pyridine rings is 1.